The van der Waals surface area contributed by atoms with Crippen molar-refractivity contribution in [3.05, 3.63) is 24.3 Å². The first-order chi connectivity index (χ1) is 9.56. The van der Waals surface area contributed by atoms with Crippen LogP contribution in [0, 0.1) is 0 Å². The van der Waals surface area contributed by atoms with Crippen LogP contribution in [0.25, 0.3) is 0 Å². The third-order valence-electron chi connectivity index (χ3n) is 3.55. The van der Waals surface area contributed by atoms with Gasteiger partial charge < -0.3 is 15.0 Å². The lowest BCUT2D eigenvalue weighted by Gasteiger charge is -2.24. The van der Waals surface area contributed by atoms with Crippen LogP contribution in [0.5, 0.6) is 5.75 Å². The van der Waals surface area contributed by atoms with Crippen LogP contribution in [0.4, 0.5) is 5.69 Å². The molecule has 1 aromatic rings. The van der Waals surface area contributed by atoms with E-state index in [1.807, 2.05) is 0 Å². The molecule has 1 aromatic carbocycles. The molecule has 3 nitrogen and oxygen atoms in total. The minimum absolute atomic E-state index is 0.225. The maximum atomic E-state index is 5.80. The summed E-state index contributed by atoms with van der Waals surface area (Å²) in [6.45, 7) is 10.8. The third-order valence-corrected chi connectivity index (χ3v) is 3.55. The summed E-state index contributed by atoms with van der Waals surface area (Å²) in [5, 5.41) is 3.55. The number of hydrogen-bond acceptors (Lipinski definition) is 3. The number of nitrogens with one attached hydrogen (secondary N) is 1. The fourth-order valence-electron chi connectivity index (χ4n) is 2.52. The van der Waals surface area contributed by atoms with E-state index >= 15 is 0 Å². The second kappa shape index (κ2) is 6.98. The van der Waals surface area contributed by atoms with E-state index in [-0.39, 0.29) is 5.54 Å². The molecule has 0 unspecified atom stereocenters. The number of anilines is 1. The van der Waals surface area contributed by atoms with E-state index in [1.165, 1.54) is 18.5 Å². The van der Waals surface area contributed by atoms with E-state index in [0.717, 1.165) is 38.4 Å². The molecule has 0 saturated heterocycles. The summed E-state index contributed by atoms with van der Waals surface area (Å²) in [6, 6.07) is 8.40. The highest BCUT2D eigenvalue weighted by molar-refractivity contribution is 5.58. The van der Waals surface area contributed by atoms with Crippen molar-refractivity contribution in [3.63, 3.8) is 0 Å². The second-order valence-corrected chi connectivity index (χ2v) is 6.54. The van der Waals surface area contributed by atoms with E-state index in [9.17, 15) is 0 Å². The van der Waals surface area contributed by atoms with Gasteiger partial charge in [-0.25, -0.2) is 0 Å². The number of rotatable bonds is 5. The summed E-state index contributed by atoms with van der Waals surface area (Å²) in [5.74, 6) is 1.04. The number of benzene rings is 1. The van der Waals surface area contributed by atoms with Gasteiger partial charge in [0, 0.05) is 18.6 Å². The Morgan fingerprint density at radius 3 is 2.80 bits per heavy atom. The Bertz CT molecular complexity index is 412. The minimum atomic E-state index is 0.225. The zero-order chi connectivity index (χ0) is 14.4. The van der Waals surface area contributed by atoms with Crippen LogP contribution >= 0.6 is 0 Å². The van der Waals surface area contributed by atoms with E-state index in [4.69, 9.17) is 4.74 Å². The first-order valence-corrected chi connectivity index (χ1v) is 7.78. The highest BCUT2D eigenvalue weighted by atomic mass is 16.5. The molecule has 3 heteroatoms. The van der Waals surface area contributed by atoms with Gasteiger partial charge >= 0.3 is 0 Å². The topological polar surface area (TPSA) is 24.5 Å². The van der Waals surface area contributed by atoms with Gasteiger partial charge in [-0.05, 0) is 58.7 Å². The minimum Gasteiger partial charge on any atom is -0.491 e. The molecule has 20 heavy (non-hydrogen) atoms. The molecule has 0 fully saturated rings. The van der Waals surface area contributed by atoms with Crippen LogP contribution in [-0.2, 0) is 0 Å². The molecule has 0 amide bonds. The summed E-state index contributed by atoms with van der Waals surface area (Å²) in [4.78, 5) is 2.47. The summed E-state index contributed by atoms with van der Waals surface area (Å²) < 4.78 is 5.80. The Hall–Kier alpha value is -1.22. The highest BCUT2D eigenvalue weighted by Crippen LogP contribution is 2.30. The fourth-order valence-corrected chi connectivity index (χ4v) is 2.52. The smallest absolute Gasteiger partial charge is 0.142 e. The van der Waals surface area contributed by atoms with E-state index in [1.54, 1.807) is 0 Å². The lowest BCUT2D eigenvalue weighted by molar-refractivity contribution is 0.322. The fraction of sp³-hybridized carbons (Fsp3) is 0.647. The van der Waals surface area contributed by atoms with Gasteiger partial charge in [0.2, 0.25) is 0 Å². The van der Waals surface area contributed by atoms with Crippen LogP contribution in [0.15, 0.2) is 24.3 Å². The Kier molecular flexibility index (Phi) is 5.30. The van der Waals surface area contributed by atoms with Gasteiger partial charge in [-0.2, -0.15) is 0 Å². The van der Waals surface area contributed by atoms with Crippen LogP contribution in [-0.4, -0.2) is 31.8 Å². The van der Waals surface area contributed by atoms with Crippen LogP contribution in [0.1, 0.15) is 40.0 Å². The molecular formula is C17H28N2O. The summed E-state index contributed by atoms with van der Waals surface area (Å²) in [7, 11) is 0. The molecular weight excluding hydrogens is 248 g/mol. The van der Waals surface area contributed by atoms with Gasteiger partial charge in [-0.1, -0.05) is 12.1 Å². The largest absolute Gasteiger partial charge is 0.491 e. The molecule has 0 radical (unpaired) electrons. The first-order valence-electron chi connectivity index (χ1n) is 7.78. The predicted molar refractivity (Wildman–Crippen MR) is 85.8 cm³/mol. The maximum absolute atomic E-state index is 5.80. The molecule has 0 atom stereocenters. The molecule has 0 saturated carbocycles. The van der Waals surface area contributed by atoms with Crippen molar-refractivity contribution in [3.8, 4) is 5.75 Å². The molecule has 1 aliphatic rings. The van der Waals surface area contributed by atoms with Gasteiger partial charge in [-0.3, -0.25) is 0 Å². The second-order valence-electron chi connectivity index (χ2n) is 6.54. The maximum Gasteiger partial charge on any atom is 0.142 e. The number of unbranched alkanes of at least 4 members (excludes halogenated alkanes) is 1. The van der Waals surface area contributed by atoms with Crippen LogP contribution < -0.4 is 15.0 Å². The van der Waals surface area contributed by atoms with Gasteiger partial charge in [-0.15, -0.1) is 0 Å². The zero-order valence-corrected chi connectivity index (χ0v) is 13.1. The lowest BCUT2D eigenvalue weighted by atomic mass is 10.1. The van der Waals surface area contributed by atoms with Crippen molar-refractivity contribution < 1.29 is 4.74 Å². The average molecular weight is 276 g/mol. The normalized spacial score (nSPS) is 15.4. The van der Waals surface area contributed by atoms with Crippen LogP contribution in [0.3, 0.4) is 0 Å². The van der Waals surface area contributed by atoms with Gasteiger partial charge in [0.1, 0.15) is 5.75 Å². The summed E-state index contributed by atoms with van der Waals surface area (Å²) in [5.41, 5.74) is 1.48. The molecule has 1 aliphatic heterocycles. The molecule has 112 valence electrons. The standard InChI is InChI=1S/C17H28N2O/c1-17(2,3)18-11-6-7-12-19-13-8-14-20-16-10-5-4-9-15(16)19/h4-5,9-10,18H,6-8,11-14H2,1-3H3. The van der Waals surface area contributed by atoms with Crippen molar-refractivity contribution in [2.24, 2.45) is 0 Å². The SMILES string of the molecule is CC(C)(C)NCCCCN1CCCOc2ccccc21. The number of para-hydroxylation sites is 2. The average Bonchev–Trinajstić information content (AvgIpc) is 2.60. The van der Waals surface area contributed by atoms with E-state index < -0.39 is 0 Å². The molecule has 0 bridgehead atoms. The highest BCUT2D eigenvalue weighted by Gasteiger charge is 2.15. The molecule has 2 rings (SSSR count). The Morgan fingerprint density at radius 2 is 2.00 bits per heavy atom. The Morgan fingerprint density at radius 1 is 1.20 bits per heavy atom. The molecule has 1 heterocycles. The van der Waals surface area contributed by atoms with E-state index in [0.29, 0.717) is 0 Å². The van der Waals surface area contributed by atoms with Crippen LogP contribution in [0.2, 0.25) is 0 Å². The quantitative estimate of drug-likeness (QED) is 0.834. The Labute approximate surface area is 123 Å². The predicted octanol–water partition coefficient (Wildman–Crippen LogP) is 3.44. The summed E-state index contributed by atoms with van der Waals surface area (Å²) >= 11 is 0. The number of nitrogens with zero attached hydrogens (tertiary/aromatic N) is 1. The summed E-state index contributed by atoms with van der Waals surface area (Å²) in [6.07, 6.45) is 3.54. The van der Waals surface area contributed by atoms with Crippen molar-refractivity contribution in [1.82, 2.24) is 5.32 Å². The number of ether oxygens (including phenoxy) is 1. The lowest BCUT2D eigenvalue weighted by Crippen LogP contribution is -2.36. The van der Waals surface area contributed by atoms with Crippen molar-refractivity contribution in [1.29, 1.82) is 0 Å². The van der Waals surface area contributed by atoms with Crippen molar-refractivity contribution in [2.75, 3.05) is 31.1 Å². The molecule has 0 spiro atoms. The first kappa shape index (κ1) is 15.2. The molecule has 1 N–H and O–H groups in total. The molecule has 0 aromatic heterocycles. The van der Waals surface area contributed by atoms with E-state index in [2.05, 4.69) is 55.3 Å². The number of fused-ring (bicyclic) bond motifs is 1. The van der Waals surface area contributed by atoms with Gasteiger partial charge in [0.05, 0.1) is 12.3 Å². The number of hydrogen-bond donors (Lipinski definition) is 1. The third kappa shape index (κ3) is 4.71. The van der Waals surface area contributed by atoms with Gasteiger partial charge in [0.25, 0.3) is 0 Å². The Balaban J connectivity index is 1.81. The van der Waals surface area contributed by atoms with Crippen molar-refractivity contribution in [2.45, 2.75) is 45.6 Å². The zero-order valence-electron chi connectivity index (χ0n) is 13.1. The van der Waals surface area contributed by atoms with Gasteiger partial charge in [0.15, 0.2) is 0 Å². The monoisotopic (exact) mass is 276 g/mol. The molecule has 0 aliphatic carbocycles. The van der Waals surface area contributed by atoms with Crippen molar-refractivity contribution >= 4 is 5.69 Å².